The van der Waals surface area contributed by atoms with Crippen LogP contribution in [0.1, 0.15) is 33.7 Å². The monoisotopic (exact) mass is 459 g/mol. The molecule has 4 rings (SSSR count). The molecule has 0 saturated heterocycles. The summed E-state index contributed by atoms with van der Waals surface area (Å²) in [6.45, 7) is 5.82. The number of nitrogens with zero attached hydrogens (tertiary/aromatic N) is 3. The molecular weight excluding hydrogens is 430 g/mol. The Balaban J connectivity index is 1.41. The number of rotatable bonds is 9. The van der Waals surface area contributed by atoms with Gasteiger partial charge in [-0.3, -0.25) is 14.2 Å². The molecule has 0 atom stereocenters. The highest BCUT2D eigenvalue weighted by molar-refractivity contribution is 7.11. The quantitative estimate of drug-likeness (QED) is 0.349. The van der Waals surface area contributed by atoms with Gasteiger partial charge in [0.15, 0.2) is 0 Å². The minimum Gasteiger partial charge on any atom is -0.337 e. The van der Waals surface area contributed by atoms with E-state index in [1.807, 2.05) is 48.2 Å². The number of aryl methyl sites for hydroxylation is 3. The highest BCUT2D eigenvalue weighted by Crippen LogP contribution is 2.18. The Morgan fingerprint density at radius 2 is 1.85 bits per heavy atom. The second kappa shape index (κ2) is 10.6. The van der Waals surface area contributed by atoms with Crippen LogP contribution in [-0.2, 0) is 24.3 Å². The minimum absolute atomic E-state index is 0.0499. The van der Waals surface area contributed by atoms with Gasteiger partial charge in [0.1, 0.15) is 0 Å². The van der Waals surface area contributed by atoms with Gasteiger partial charge in [-0.25, -0.2) is 4.98 Å². The van der Waals surface area contributed by atoms with Gasteiger partial charge in [0.05, 0.1) is 23.8 Å². The smallest absolute Gasteiger partial charge is 0.261 e. The molecule has 0 aliphatic carbocycles. The Hall–Kier alpha value is -3.25. The van der Waals surface area contributed by atoms with Crippen LogP contribution in [0.15, 0.2) is 71.8 Å². The van der Waals surface area contributed by atoms with Crippen LogP contribution in [0.25, 0.3) is 10.9 Å². The van der Waals surface area contributed by atoms with Crippen molar-refractivity contribution in [2.24, 2.45) is 0 Å². The first-order chi connectivity index (χ1) is 16.0. The second-order valence-corrected chi connectivity index (χ2v) is 9.75. The number of para-hydroxylation sites is 1. The van der Waals surface area contributed by atoms with Crippen molar-refractivity contribution >= 4 is 28.1 Å². The summed E-state index contributed by atoms with van der Waals surface area (Å²) in [7, 11) is 0. The minimum atomic E-state index is -0.0499. The Morgan fingerprint density at radius 3 is 2.61 bits per heavy atom. The van der Waals surface area contributed by atoms with E-state index in [9.17, 15) is 9.59 Å². The van der Waals surface area contributed by atoms with E-state index in [1.165, 1.54) is 15.3 Å². The number of amides is 1. The summed E-state index contributed by atoms with van der Waals surface area (Å²) in [5, 5.41) is 0.626. The van der Waals surface area contributed by atoms with Crippen molar-refractivity contribution in [3.63, 3.8) is 0 Å². The predicted molar refractivity (Wildman–Crippen MR) is 135 cm³/mol. The van der Waals surface area contributed by atoms with Crippen LogP contribution in [0.3, 0.4) is 0 Å². The van der Waals surface area contributed by atoms with Crippen molar-refractivity contribution in [2.75, 3.05) is 6.54 Å². The van der Waals surface area contributed by atoms with Crippen LogP contribution >= 0.6 is 11.3 Å². The van der Waals surface area contributed by atoms with Gasteiger partial charge in [-0.2, -0.15) is 0 Å². The topological polar surface area (TPSA) is 55.2 Å². The summed E-state index contributed by atoms with van der Waals surface area (Å²) in [5.74, 6) is 0.120. The van der Waals surface area contributed by atoms with Gasteiger partial charge in [0.25, 0.3) is 5.56 Å². The van der Waals surface area contributed by atoms with E-state index >= 15 is 0 Å². The molecule has 6 heteroatoms. The zero-order chi connectivity index (χ0) is 23.2. The number of hydrogen-bond donors (Lipinski definition) is 0. The molecule has 4 aromatic rings. The van der Waals surface area contributed by atoms with E-state index < -0.39 is 0 Å². The summed E-state index contributed by atoms with van der Waals surface area (Å²) in [4.78, 5) is 34.8. The van der Waals surface area contributed by atoms with Gasteiger partial charge in [-0.05, 0) is 56.0 Å². The highest BCUT2D eigenvalue weighted by Gasteiger charge is 2.15. The average Bonchev–Trinajstić information content (AvgIpc) is 3.23. The van der Waals surface area contributed by atoms with E-state index in [0.29, 0.717) is 37.9 Å². The zero-order valence-electron chi connectivity index (χ0n) is 19.2. The van der Waals surface area contributed by atoms with Crippen molar-refractivity contribution in [2.45, 2.75) is 46.2 Å². The van der Waals surface area contributed by atoms with Gasteiger partial charge >= 0.3 is 0 Å². The molecule has 33 heavy (non-hydrogen) atoms. The Kier molecular flexibility index (Phi) is 7.35. The third-order valence-electron chi connectivity index (χ3n) is 5.85. The molecule has 2 aromatic heterocycles. The molecule has 1 amide bonds. The zero-order valence-corrected chi connectivity index (χ0v) is 20.0. The molecule has 170 valence electrons. The number of thiophene rings is 1. The number of carbonyl (C=O) groups excluding carboxylic acids is 1. The van der Waals surface area contributed by atoms with Crippen LogP contribution in [0.5, 0.6) is 0 Å². The Morgan fingerprint density at radius 1 is 1.03 bits per heavy atom. The van der Waals surface area contributed by atoms with Crippen molar-refractivity contribution in [1.82, 2.24) is 14.5 Å². The molecular formula is C27H29N3O2S. The highest BCUT2D eigenvalue weighted by atomic mass is 32.1. The maximum Gasteiger partial charge on any atom is 0.261 e. The maximum absolute atomic E-state index is 13.1. The fraction of sp³-hybridized carbons (Fsp3) is 0.296. The Bertz CT molecular complexity index is 1290. The fourth-order valence-electron chi connectivity index (χ4n) is 4.01. The summed E-state index contributed by atoms with van der Waals surface area (Å²) < 4.78 is 1.62. The van der Waals surface area contributed by atoms with Gasteiger partial charge < -0.3 is 4.90 Å². The predicted octanol–water partition coefficient (Wildman–Crippen LogP) is 5.13. The third kappa shape index (κ3) is 5.76. The lowest BCUT2D eigenvalue weighted by molar-refractivity contribution is -0.131. The molecule has 0 fully saturated rings. The normalized spacial score (nSPS) is 11.1. The average molecular weight is 460 g/mol. The largest absolute Gasteiger partial charge is 0.337 e. The summed E-state index contributed by atoms with van der Waals surface area (Å²) in [5.41, 5.74) is 2.91. The molecule has 2 aromatic carbocycles. The summed E-state index contributed by atoms with van der Waals surface area (Å²) >= 11 is 1.73. The lowest BCUT2D eigenvalue weighted by Gasteiger charge is -2.22. The van der Waals surface area contributed by atoms with Crippen LogP contribution in [0.4, 0.5) is 0 Å². The first-order valence-corrected chi connectivity index (χ1v) is 12.1. The van der Waals surface area contributed by atoms with Crippen molar-refractivity contribution < 1.29 is 4.79 Å². The summed E-state index contributed by atoms with van der Waals surface area (Å²) in [6.07, 6.45) is 3.43. The van der Waals surface area contributed by atoms with Crippen LogP contribution in [-0.4, -0.2) is 26.9 Å². The fourth-order valence-corrected chi connectivity index (χ4v) is 4.92. The third-order valence-corrected chi connectivity index (χ3v) is 6.84. The number of benzene rings is 2. The number of fused-ring (bicyclic) bond motifs is 1. The van der Waals surface area contributed by atoms with Gasteiger partial charge in [-0.1, -0.05) is 42.5 Å². The van der Waals surface area contributed by atoms with Crippen molar-refractivity contribution in [3.8, 4) is 0 Å². The van der Waals surface area contributed by atoms with E-state index in [4.69, 9.17) is 0 Å². The molecule has 0 aliphatic heterocycles. The summed E-state index contributed by atoms with van der Waals surface area (Å²) in [6, 6.07) is 20.1. The maximum atomic E-state index is 13.1. The van der Waals surface area contributed by atoms with Crippen LogP contribution in [0, 0.1) is 13.8 Å². The van der Waals surface area contributed by atoms with E-state index in [2.05, 4.69) is 36.2 Å². The molecule has 5 nitrogen and oxygen atoms in total. The van der Waals surface area contributed by atoms with Crippen LogP contribution < -0.4 is 5.56 Å². The molecule has 0 N–H and O–H groups in total. The lowest BCUT2D eigenvalue weighted by atomic mass is 10.1. The van der Waals surface area contributed by atoms with Gasteiger partial charge in [-0.15, -0.1) is 11.3 Å². The molecule has 2 heterocycles. The van der Waals surface area contributed by atoms with Gasteiger partial charge in [0.2, 0.25) is 5.91 Å². The number of aromatic nitrogens is 2. The lowest BCUT2D eigenvalue weighted by Crippen LogP contribution is -2.32. The van der Waals surface area contributed by atoms with Crippen molar-refractivity contribution in [1.29, 1.82) is 0 Å². The second-order valence-electron chi connectivity index (χ2n) is 8.38. The molecule has 0 saturated carbocycles. The van der Waals surface area contributed by atoms with E-state index in [-0.39, 0.29) is 11.5 Å². The first-order valence-electron chi connectivity index (χ1n) is 11.3. The molecule has 0 radical (unpaired) electrons. The van der Waals surface area contributed by atoms with Crippen LogP contribution in [0.2, 0.25) is 0 Å². The van der Waals surface area contributed by atoms with E-state index in [0.717, 1.165) is 17.5 Å². The molecule has 0 aliphatic rings. The van der Waals surface area contributed by atoms with Crippen molar-refractivity contribution in [3.05, 3.63) is 98.2 Å². The molecule has 0 unspecified atom stereocenters. The number of carbonyl (C=O) groups is 1. The van der Waals surface area contributed by atoms with Gasteiger partial charge in [0, 0.05) is 29.3 Å². The SMILES string of the molecule is Cc1ccc(CN(CCc2ccccc2)C(=O)CCCn2cnc3c(C)cccc3c2=O)s1. The first kappa shape index (κ1) is 22.9. The van der Waals surface area contributed by atoms with E-state index in [1.54, 1.807) is 22.2 Å². The standard InChI is InChI=1S/C27H29N3O2S/c1-20-8-6-11-24-26(20)28-19-30(27(24)32)16-7-12-25(31)29(18-23-14-13-21(2)33-23)17-15-22-9-4-3-5-10-22/h3-6,8-11,13-14,19H,7,12,15-18H2,1-2H3. The molecule has 0 spiro atoms. The molecule has 0 bridgehead atoms. The number of hydrogen-bond acceptors (Lipinski definition) is 4. The Labute approximate surface area is 198 Å².